The normalized spacial score (nSPS) is 10.5. The fourth-order valence-corrected chi connectivity index (χ4v) is 2.07. The fourth-order valence-electron chi connectivity index (χ4n) is 1.95. The van der Waals surface area contributed by atoms with Gasteiger partial charge in [0.25, 0.3) is 5.56 Å². The molecule has 0 atom stereocenters. The topological polar surface area (TPSA) is 81.8 Å². The Hall–Kier alpha value is -2.93. The zero-order valence-electron chi connectivity index (χ0n) is 11.9. The Morgan fingerprint density at radius 3 is 2.65 bits per heavy atom. The molecule has 0 spiro atoms. The molecule has 1 aromatic carbocycles. The van der Waals surface area contributed by atoms with Crippen molar-refractivity contribution < 1.29 is 4.79 Å². The molecule has 2 aromatic heterocycles. The summed E-state index contributed by atoms with van der Waals surface area (Å²) >= 11 is 5.79. The second-order valence-corrected chi connectivity index (χ2v) is 5.13. The van der Waals surface area contributed by atoms with E-state index >= 15 is 0 Å². The molecule has 3 aromatic rings. The van der Waals surface area contributed by atoms with Gasteiger partial charge in [0.2, 0.25) is 5.91 Å². The highest BCUT2D eigenvalue weighted by Crippen LogP contribution is 2.13. The first kappa shape index (κ1) is 15.0. The fraction of sp³-hybridized carbons (Fsp3) is 0.0667. The molecule has 0 aliphatic rings. The minimum atomic E-state index is -0.368. The van der Waals surface area contributed by atoms with Gasteiger partial charge in [0.05, 0.1) is 0 Å². The van der Waals surface area contributed by atoms with E-state index in [-0.39, 0.29) is 18.0 Å². The minimum absolute atomic E-state index is 0.198. The third kappa shape index (κ3) is 3.64. The Kier molecular flexibility index (Phi) is 4.20. The molecule has 8 heteroatoms. The summed E-state index contributed by atoms with van der Waals surface area (Å²) in [6.07, 6.45) is 3.30. The lowest BCUT2D eigenvalue weighted by Crippen LogP contribution is -2.30. The maximum absolute atomic E-state index is 12.1. The van der Waals surface area contributed by atoms with E-state index < -0.39 is 0 Å². The van der Waals surface area contributed by atoms with Crippen LogP contribution in [0.4, 0.5) is 5.69 Å². The van der Waals surface area contributed by atoms with Gasteiger partial charge in [-0.2, -0.15) is 5.10 Å². The SMILES string of the molecule is O=C(Cn1nc(-n2cccn2)ccc1=O)Nc1ccc(Cl)cc1. The molecule has 0 saturated carbocycles. The van der Waals surface area contributed by atoms with Gasteiger partial charge in [-0.25, -0.2) is 9.36 Å². The lowest BCUT2D eigenvalue weighted by molar-refractivity contribution is -0.117. The summed E-state index contributed by atoms with van der Waals surface area (Å²) in [5.74, 6) is 0.0911. The molecular weight excluding hydrogens is 318 g/mol. The zero-order chi connectivity index (χ0) is 16.2. The van der Waals surface area contributed by atoms with Crippen molar-refractivity contribution in [1.82, 2.24) is 19.6 Å². The van der Waals surface area contributed by atoms with Gasteiger partial charge >= 0.3 is 0 Å². The molecule has 23 heavy (non-hydrogen) atoms. The summed E-state index contributed by atoms with van der Waals surface area (Å²) in [6.45, 7) is -0.198. The molecule has 0 radical (unpaired) electrons. The second-order valence-electron chi connectivity index (χ2n) is 4.69. The predicted octanol–water partition coefficient (Wildman–Crippen LogP) is 1.72. The van der Waals surface area contributed by atoms with Crippen molar-refractivity contribution in [3.63, 3.8) is 0 Å². The number of benzene rings is 1. The summed E-state index contributed by atoms with van der Waals surface area (Å²) in [5, 5.41) is 11.4. The highest BCUT2D eigenvalue weighted by atomic mass is 35.5. The van der Waals surface area contributed by atoms with Gasteiger partial charge in [0, 0.05) is 29.2 Å². The largest absolute Gasteiger partial charge is 0.324 e. The van der Waals surface area contributed by atoms with Crippen LogP contribution in [0, 0.1) is 0 Å². The first-order chi connectivity index (χ1) is 11.1. The number of hydrogen-bond donors (Lipinski definition) is 1. The number of nitrogens with one attached hydrogen (secondary N) is 1. The van der Waals surface area contributed by atoms with Crippen LogP contribution in [0.2, 0.25) is 5.02 Å². The first-order valence-electron chi connectivity index (χ1n) is 6.75. The van der Waals surface area contributed by atoms with Crippen LogP contribution in [0.5, 0.6) is 0 Å². The molecule has 2 heterocycles. The van der Waals surface area contributed by atoms with Crippen LogP contribution in [0.15, 0.2) is 59.7 Å². The molecule has 0 aliphatic heterocycles. The first-order valence-corrected chi connectivity index (χ1v) is 7.13. The van der Waals surface area contributed by atoms with Crippen LogP contribution in [-0.2, 0) is 11.3 Å². The number of hydrogen-bond acceptors (Lipinski definition) is 4. The average Bonchev–Trinajstić information content (AvgIpc) is 3.06. The van der Waals surface area contributed by atoms with E-state index in [1.807, 2.05) is 0 Å². The molecule has 3 rings (SSSR count). The van der Waals surface area contributed by atoms with Gasteiger partial charge in [-0.05, 0) is 36.4 Å². The molecular formula is C15H12ClN5O2. The van der Waals surface area contributed by atoms with Crippen molar-refractivity contribution in [3.8, 4) is 5.82 Å². The molecule has 0 fully saturated rings. The van der Waals surface area contributed by atoms with Crippen LogP contribution in [0.1, 0.15) is 0 Å². The van der Waals surface area contributed by atoms with Gasteiger partial charge in [-0.15, -0.1) is 5.10 Å². The van der Waals surface area contributed by atoms with E-state index in [9.17, 15) is 9.59 Å². The number of anilines is 1. The van der Waals surface area contributed by atoms with Crippen molar-refractivity contribution in [1.29, 1.82) is 0 Å². The van der Waals surface area contributed by atoms with Gasteiger partial charge in [0.15, 0.2) is 5.82 Å². The number of rotatable bonds is 4. The summed E-state index contributed by atoms with van der Waals surface area (Å²) in [5.41, 5.74) is 0.225. The minimum Gasteiger partial charge on any atom is -0.324 e. The van der Waals surface area contributed by atoms with Gasteiger partial charge < -0.3 is 5.32 Å². The second kappa shape index (κ2) is 6.45. The van der Waals surface area contributed by atoms with Crippen LogP contribution in [-0.4, -0.2) is 25.5 Å². The Balaban J connectivity index is 1.76. The summed E-state index contributed by atoms with van der Waals surface area (Å²) in [6, 6.07) is 11.3. The molecule has 1 N–H and O–H groups in total. The maximum Gasteiger partial charge on any atom is 0.267 e. The molecule has 116 valence electrons. The molecule has 0 saturated heterocycles. The highest BCUT2D eigenvalue weighted by Gasteiger charge is 2.08. The Bertz CT molecular complexity index is 872. The van der Waals surface area contributed by atoms with E-state index in [1.165, 1.54) is 10.7 Å². The van der Waals surface area contributed by atoms with Crippen molar-refractivity contribution in [2.24, 2.45) is 0 Å². The van der Waals surface area contributed by atoms with Crippen LogP contribution in [0.3, 0.4) is 0 Å². The van der Waals surface area contributed by atoms with Crippen LogP contribution in [0.25, 0.3) is 5.82 Å². The van der Waals surface area contributed by atoms with E-state index in [0.717, 1.165) is 4.68 Å². The highest BCUT2D eigenvalue weighted by molar-refractivity contribution is 6.30. The van der Waals surface area contributed by atoms with Crippen molar-refractivity contribution in [3.05, 3.63) is 70.2 Å². The zero-order valence-corrected chi connectivity index (χ0v) is 12.6. The maximum atomic E-state index is 12.1. The van der Waals surface area contributed by atoms with E-state index in [2.05, 4.69) is 15.5 Å². The standard InChI is InChI=1S/C15H12ClN5O2/c16-11-2-4-12(5-3-11)18-14(22)10-21-15(23)7-6-13(19-21)20-9-1-8-17-20/h1-9H,10H2,(H,18,22). The number of aromatic nitrogens is 4. The third-order valence-corrected chi connectivity index (χ3v) is 3.27. The number of halogens is 1. The smallest absolute Gasteiger partial charge is 0.267 e. The van der Waals surface area contributed by atoms with Gasteiger partial charge in [-0.1, -0.05) is 11.6 Å². The number of carbonyl (C=O) groups is 1. The average molecular weight is 330 g/mol. The number of nitrogens with zero attached hydrogens (tertiary/aromatic N) is 4. The van der Waals surface area contributed by atoms with E-state index in [0.29, 0.717) is 16.5 Å². The van der Waals surface area contributed by atoms with Crippen LogP contribution < -0.4 is 10.9 Å². The predicted molar refractivity (Wildman–Crippen MR) is 85.7 cm³/mol. The summed E-state index contributed by atoms with van der Waals surface area (Å²) in [4.78, 5) is 23.9. The van der Waals surface area contributed by atoms with E-state index in [4.69, 9.17) is 11.6 Å². The molecule has 0 aliphatic carbocycles. The molecule has 0 bridgehead atoms. The van der Waals surface area contributed by atoms with Gasteiger partial charge in [-0.3, -0.25) is 9.59 Å². The van der Waals surface area contributed by atoms with Crippen LogP contribution >= 0.6 is 11.6 Å². The third-order valence-electron chi connectivity index (χ3n) is 3.01. The molecule has 1 amide bonds. The Morgan fingerprint density at radius 2 is 1.96 bits per heavy atom. The molecule has 0 unspecified atom stereocenters. The quantitative estimate of drug-likeness (QED) is 0.790. The number of amides is 1. The monoisotopic (exact) mass is 329 g/mol. The lowest BCUT2D eigenvalue weighted by Gasteiger charge is -2.08. The summed E-state index contributed by atoms with van der Waals surface area (Å²) in [7, 11) is 0. The molecule has 7 nitrogen and oxygen atoms in total. The van der Waals surface area contributed by atoms with E-state index in [1.54, 1.807) is 48.8 Å². The Morgan fingerprint density at radius 1 is 1.17 bits per heavy atom. The van der Waals surface area contributed by atoms with Crippen molar-refractivity contribution in [2.75, 3.05) is 5.32 Å². The van der Waals surface area contributed by atoms with Crippen molar-refractivity contribution >= 4 is 23.2 Å². The summed E-state index contributed by atoms with van der Waals surface area (Å²) < 4.78 is 2.59. The van der Waals surface area contributed by atoms with Gasteiger partial charge in [0.1, 0.15) is 6.54 Å². The lowest BCUT2D eigenvalue weighted by atomic mass is 10.3. The number of carbonyl (C=O) groups excluding carboxylic acids is 1. The van der Waals surface area contributed by atoms with Crippen molar-refractivity contribution in [2.45, 2.75) is 6.54 Å². The Labute approximate surface area is 136 Å².